The first kappa shape index (κ1) is 12.3. The van der Waals surface area contributed by atoms with Crippen molar-refractivity contribution in [3.8, 4) is 0 Å². The van der Waals surface area contributed by atoms with Crippen molar-refractivity contribution in [2.45, 2.75) is 37.0 Å². The molecule has 1 N–H and O–H groups in total. The number of benzene rings is 1. The summed E-state index contributed by atoms with van der Waals surface area (Å²) in [6, 6.07) is 8.40. The van der Waals surface area contributed by atoms with E-state index in [4.69, 9.17) is 12.2 Å². The molecule has 1 aromatic heterocycles. The van der Waals surface area contributed by atoms with Gasteiger partial charge in [0.25, 0.3) is 0 Å². The molecule has 0 saturated heterocycles. The van der Waals surface area contributed by atoms with E-state index in [-0.39, 0.29) is 0 Å². The first-order valence-electron chi connectivity index (χ1n) is 6.47. The SMILES string of the molecule is CSC1(Cn2c(=S)[nH]c3ccccc32)CCCC1. The van der Waals surface area contributed by atoms with E-state index >= 15 is 0 Å². The summed E-state index contributed by atoms with van der Waals surface area (Å²) < 4.78 is 3.53. The molecule has 2 nitrogen and oxygen atoms in total. The number of hydrogen-bond donors (Lipinski definition) is 1. The third-order valence-corrected chi connectivity index (χ3v) is 5.80. The standard InChI is InChI=1S/C14H18N2S2/c1-18-14(8-4-5-9-14)10-16-12-7-3-2-6-11(12)15-13(16)17/h2-3,6-7H,4-5,8-10H2,1H3,(H,15,17). The third kappa shape index (κ3) is 2.01. The number of para-hydroxylation sites is 2. The molecule has 4 heteroatoms. The van der Waals surface area contributed by atoms with Crippen LogP contribution in [0.1, 0.15) is 25.7 Å². The Morgan fingerprint density at radius 1 is 1.33 bits per heavy atom. The largest absolute Gasteiger partial charge is 0.331 e. The first-order valence-corrected chi connectivity index (χ1v) is 8.10. The maximum atomic E-state index is 5.48. The molecule has 1 saturated carbocycles. The van der Waals surface area contributed by atoms with Crippen molar-refractivity contribution in [1.29, 1.82) is 0 Å². The number of nitrogens with zero attached hydrogens (tertiary/aromatic N) is 1. The molecule has 0 atom stereocenters. The third-order valence-electron chi connectivity index (χ3n) is 4.08. The molecule has 96 valence electrons. The lowest BCUT2D eigenvalue weighted by Gasteiger charge is -2.27. The zero-order valence-electron chi connectivity index (χ0n) is 10.6. The van der Waals surface area contributed by atoms with E-state index < -0.39 is 0 Å². The number of aromatic amines is 1. The van der Waals surface area contributed by atoms with Gasteiger partial charge in [0.15, 0.2) is 4.77 Å². The highest BCUT2D eigenvalue weighted by molar-refractivity contribution is 8.00. The monoisotopic (exact) mass is 278 g/mol. The van der Waals surface area contributed by atoms with Gasteiger partial charge in [-0.3, -0.25) is 0 Å². The second-order valence-corrected chi connectivity index (χ2v) is 6.79. The maximum Gasteiger partial charge on any atom is 0.178 e. The number of fused-ring (bicyclic) bond motifs is 1. The minimum atomic E-state index is 0.392. The minimum Gasteiger partial charge on any atom is -0.331 e. The van der Waals surface area contributed by atoms with Crippen molar-refractivity contribution in [2.24, 2.45) is 0 Å². The van der Waals surface area contributed by atoms with E-state index in [9.17, 15) is 0 Å². The second kappa shape index (κ2) is 4.74. The number of imidazole rings is 1. The number of nitrogens with one attached hydrogen (secondary N) is 1. The van der Waals surface area contributed by atoms with Gasteiger partial charge in [-0.25, -0.2) is 0 Å². The van der Waals surface area contributed by atoms with Gasteiger partial charge in [0.2, 0.25) is 0 Å². The molecule has 0 spiro atoms. The van der Waals surface area contributed by atoms with Crippen LogP contribution in [0.5, 0.6) is 0 Å². The highest BCUT2D eigenvalue weighted by Gasteiger charge is 2.33. The van der Waals surface area contributed by atoms with Gasteiger partial charge in [0.1, 0.15) is 0 Å². The Labute approximate surface area is 117 Å². The molecule has 0 bridgehead atoms. The normalized spacial score (nSPS) is 18.5. The van der Waals surface area contributed by atoms with E-state index in [1.165, 1.54) is 31.2 Å². The summed E-state index contributed by atoms with van der Waals surface area (Å²) in [4.78, 5) is 3.31. The van der Waals surface area contributed by atoms with Gasteiger partial charge in [-0.15, -0.1) is 0 Å². The Bertz CT molecular complexity index is 606. The van der Waals surface area contributed by atoms with E-state index in [2.05, 4.69) is 40.1 Å². The number of H-pyrrole nitrogens is 1. The number of thioether (sulfide) groups is 1. The van der Waals surface area contributed by atoms with Crippen molar-refractivity contribution < 1.29 is 0 Å². The smallest absolute Gasteiger partial charge is 0.178 e. The van der Waals surface area contributed by atoms with Crippen molar-refractivity contribution in [1.82, 2.24) is 9.55 Å². The van der Waals surface area contributed by atoms with Crippen LogP contribution < -0.4 is 0 Å². The molecule has 0 aliphatic heterocycles. The van der Waals surface area contributed by atoms with E-state index in [1.807, 2.05) is 11.8 Å². The number of hydrogen-bond acceptors (Lipinski definition) is 2. The van der Waals surface area contributed by atoms with Crippen molar-refractivity contribution in [3.05, 3.63) is 29.0 Å². The molecule has 0 amide bonds. The average Bonchev–Trinajstić information content (AvgIpc) is 2.97. The predicted molar refractivity (Wildman–Crippen MR) is 81.8 cm³/mol. The Kier molecular flexibility index (Phi) is 3.24. The fourth-order valence-electron chi connectivity index (χ4n) is 3.00. The molecule has 0 unspecified atom stereocenters. The Hall–Kier alpha value is -0.740. The van der Waals surface area contributed by atoms with Crippen LogP contribution in [0.15, 0.2) is 24.3 Å². The van der Waals surface area contributed by atoms with Gasteiger partial charge in [-0.1, -0.05) is 25.0 Å². The van der Waals surface area contributed by atoms with Crippen LogP contribution in [0.4, 0.5) is 0 Å². The quantitative estimate of drug-likeness (QED) is 0.841. The summed E-state index contributed by atoms with van der Waals surface area (Å²) >= 11 is 7.50. The highest BCUT2D eigenvalue weighted by atomic mass is 32.2. The summed E-state index contributed by atoms with van der Waals surface area (Å²) in [6.45, 7) is 1.04. The van der Waals surface area contributed by atoms with Gasteiger partial charge in [0, 0.05) is 11.3 Å². The van der Waals surface area contributed by atoms with Crippen molar-refractivity contribution in [2.75, 3.05) is 6.26 Å². The van der Waals surface area contributed by atoms with Crippen LogP contribution in [0.2, 0.25) is 0 Å². The molecule has 1 fully saturated rings. The zero-order chi connectivity index (χ0) is 12.6. The van der Waals surface area contributed by atoms with E-state index in [1.54, 1.807) is 0 Å². The van der Waals surface area contributed by atoms with Crippen molar-refractivity contribution in [3.63, 3.8) is 0 Å². The van der Waals surface area contributed by atoms with Crippen LogP contribution in [-0.2, 0) is 6.54 Å². The molecule has 1 aliphatic carbocycles. The summed E-state index contributed by atoms with van der Waals surface area (Å²) in [5.74, 6) is 0. The Morgan fingerprint density at radius 2 is 2.06 bits per heavy atom. The molecular weight excluding hydrogens is 260 g/mol. The summed E-state index contributed by atoms with van der Waals surface area (Å²) in [6.07, 6.45) is 7.59. The molecule has 1 aliphatic rings. The molecule has 1 heterocycles. The average molecular weight is 278 g/mol. The van der Waals surface area contributed by atoms with Crippen LogP contribution >= 0.6 is 24.0 Å². The maximum absolute atomic E-state index is 5.48. The van der Waals surface area contributed by atoms with Gasteiger partial charge in [-0.2, -0.15) is 11.8 Å². The second-order valence-electron chi connectivity index (χ2n) is 5.13. The van der Waals surface area contributed by atoms with Gasteiger partial charge < -0.3 is 9.55 Å². The summed E-state index contributed by atoms with van der Waals surface area (Å²) in [7, 11) is 0. The molecule has 1 aromatic carbocycles. The highest BCUT2D eigenvalue weighted by Crippen LogP contribution is 2.42. The Balaban J connectivity index is 2.04. The molecular formula is C14H18N2S2. The lowest BCUT2D eigenvalue weighted by atomic mass is 10.1. The van der Waals surface area contributed by atoms with Crippen LogP contribution in [0.25, 0.3) is 11.0 Å². The zero-order valence-corrected chi connectivity index (χ0v) is 12.2. The fraction of sp³-hybridized carbons (Fsp3) is 0.500. The predicted octanol–water partition coefficient (Wildman–Crippen LogP) is 4.37. The lowest BCUT2D eigenvalue weighted by Crippen LogP contribution is -2.26. The van der Waals surface area contributed by atoms with Crippen LogP contribution in [-0.4, -0.2) is 20.6 Å². The van der Waals surface area contributed by atoms with Gasteiger partial charge >= 0.3 is 0 Å². The van der Waals surface area contributed by atoms with Gasteiger partial charge in [-0.05, 0) is 43.4 Å². The van der Waals surface area contributed by atoms with E-state index in [0.29, 0.717) is 4.75 Å². The molecule has 3 rings (SSSR count). The van der Waals surface area contributed by atoms with Crippen LogP contribution in [0, 0.1) is 4.77 Å². The molecule has 2 aromatic rings. The molecule has 18 heavy (non-hydrogen) atoms. The van der Waals surface area contributed by atoms with Crippen molar-refractivity contribution >= 4 is 35.0 Å². The topological polar surface area (TPSA) is 20.7 Å². The fourth-order valence-corrected chi connectivity index (χ4v) is 4.23. The first-order chi connectivity index (χ1) is 8.74. The lowest BCUT2D eigenvalue weighted by molar-refractivity contribution is 0.510. The number of rotatable bonds is 3. The molecule has 0 radical (unpaired) electrons. The summed E-state index contributed by atoms with van der Waals surface area (Å²) in [5, 5.41) is 0. The van der Waals surface area contributed by atoms with E-state index in [0.717, 1.165) is 16.8 Å². The van der Waals surface area contributed by atoms with Crippen LogP contribution in [0.3, 0.4) is 0 Å². The number of aromatic nitrogens is 2. The Morgan fingerprint density at radius 3 is 2.78 bits per heavy atom. The minimum absolute atomic E-state index is 0.392. The van der Waals surface area contributed by atoms with Gasteiger partial charge in [0.05, 0.1) is 11.0 Å². The summed E-state index contributed by atoms with van der Waals surface area (Å²) in [5.41, 5.74) is 2.39.